The van der Waals surface area contributed by atoms with E-state index in [0.29, 0.717) is 6.42 Å². The molecule has 1 aromatic rings. The van der Waals surface area contributed by atoms with Gasteiger partial charge in [-0.15, -0.1) is 11.8 Å². The van der Waals surface area contributed by atoms with Gasteiger partial charge < -0.3 is 10.4 Å². The van der Waals surface area contributed by atoms with Gasteiger partial charge in [0, 0.05) is 11.3 Å². The Bertz CT molecular complexity index is 450. The highest BCUT2D eigenvalue weighted by Crippen LogP contribution is 2.18. The van der Waals surface area contributed by atoms with Crippen LogP contribution in [-0.4, -0.2) is 28.8 Å². The van der Waals surface area contributed by atoms with Crippen molar-refractivity contribution < 1.29 is 14.7 Å². The van der Waals surface area contributed by atoms with E-state index in [1.54, 1.807) is 11.8 Å². The predicted octanol–water partition coefficient (Wildman–Crippen LogP) is 3.17. The van der Waals surface area contributed by atoms with E-state index >= 15 is 0 Å². The number of hydrogen-bond donors (Lipinski definition) is 2. The number of amides is 1. The number of thioether (sulfide) groups is 1. The Hall–Kier alpha value is -1.49. The lowest BCUT2D eigenvalue weighted by atomic mass is 9.99. The first-order chi connectivity index (χ1) is 10.0. The molecule has 0 heterocycles. The van der Waals surface area contributed by atoms with Gasteiger partial charge in [0.15, 0.2) is 0 Å². The fraction of sp³-hybridized carbons (Fsp3) is 0.500. The molecule has 1 amide bonds. The fourth-order valence-electron chi connectivity index (χ4n) is 1.87. The van der Waals surface area contributed by atoms with Crippen LogP contribution in [0.25, 0.3) is 0 Å². The highest BCUT2D eigenvalue weighted by molar-refractivity contribution is 7.99. The molecule has 2 atom stereocenters. The third-order valence-corrected chi connectivity index (χ3v) is 4.45. The molecule has 1 aromatic carbocycles. The van der Waals surface area contributed by atoms with Crippen LogP contribution in [0.3, 0.4) is 0 Å². The molecule has 0 aliphatic carbocycles. The summed E-state index contributed by atoms with van der Waals surface area (Å²) in [6, 6.07) is 9.22. The van der Waals surface area contributed by atoms with Crippen molar-refractivity contribution in [1.29, 1.82) is 0 Å². The first-order valence-electron chi connectivity index (χ1n) is 7.24. The van der Waals surface area contributed by atoms with Crippen LogP contribution in [0.1, 0.15) is 33.1 Å². The first kappa shape index (κ1) is 17.6. The van der Waals surface area contributed by atoms with Crippen LogP contribution in [0.2, 0.25) is 0 Å². The van der Waals surface area contributed by atoms with E-state index in [1.165, 1.54) is 4.90 Å². The van der Waals surface area contributed by atoms with Gasteiger partial charge in [-0.3, -0.25) is 4.79 Å². The van der Waals surface area contributed by atoms with Crippen molar-refractivity contribution >= 4 is 23.6 Å². The molecule has 0 radical (unpaired) electrons. The van der Waals surface area contributed by atoms with Gasteiger partial charge in [0.2, 0.25) is 5.91 Å². The van der Waals surface area contributed by atoms with E-state index in [-0.39, 0.29) is 11.8 Å². The second-order valence-electron chi connectivity index (χ2n) is 5.03. The maximum atomic E-state index is 11.8. The van der Waals surface area contributed by atoms with Crippen LogP contribution in [-0.2, 0) is 9.59 Å². The third kappa shape index (κ3) is 6.67. The highest BCUT2D eigenvalue weighted by Gasteiger charge is 2.24. The van der Waals surface area contributed by atoms with Crippen molar-refractivity contribution in [3.05, 3.63) is 30.3 Å². The summed E-state index contributed by atoms with van der Waals surface area (Å²) in [5.41, 5.74) is 0. The van der Waals surface area contributed by atoms with Gasteiger partial charge in [-0.05, 0) is 30.2 Å². The van der Waals surface area contributed by atoms with Gasteiger partial charge in [0.05, 0.1) is 0 Å². The summed E-state index contributed by atoms with van der Waals surface area (Å²) >= 11 is 1.70. The second-order valence-corrected chi connectivity index (χ2v) is 6.20. The highest BCUT2D eigenvalue weighted by atomic mass is 32.2. The molecule has 0 saturated heterocycles. The zero-order valence-corrected chi connectivity index (χ0v) is 13.4. The summed E-state index contributed by atoms with van der Waals surface area (Å²) in [5, 5.41) is 11.7. The minimum Gasteiger partial charge on any atom is -0.480 e. The Morgan fingerprint density at radius 1 is 1.29 bits per heavy atom. The summed E-state index contributed by atoms with van der Waals surface area (Å²) in [4.78, 5) is 24.1. The van der Waals surface area contributed by atoms with Gasteiger partial charge in [-0.25, -0.2) is 4.79 Å². The van der Waals surface area contributed by atoms with Gasteiger partial charge in [0.1, 0.15) is 6.04 Å². The standard InChI is InChI=1S/C16H23NO3S/c1-3-12(2)15(16(19)20)17-14(18)10-7-11-21-13-8-5-4-6-9-13/h4-6,8-9,12,15H,3,7,10-11H2,1-2H3,(H,17,18)(H,19,20). The average molecular weight is 309 g/mol. The Morgan fingerprint density at radius 3 is 2.52 bits per heavy atom. The van der Waals surface area contributed by atoms with E-state index in [4.69, 9.17) is 5.11 Å². The Morgan fingerprint density at radius 2 is 1.95 bits per heavy atom. The first-order valence-corrected chi connectivity index (χ1v) is 8.23. The Kier molecular flexibility index (Phi) is 7.90. The maximum absolute atomic E-state index is 11.8. The summed E-state index contributed by atoms with van der Waals surface area (Å²) in [6.07, 6.45) is 1.82. The SMILES string of the molecule is CCC(C)C(NC(=O)CCCSc1ccccc1)C(=O)O. The van der Waals surface area contributed by atoms with Crippen molar-refractivity contribution in [2.75, 3.05) is 5.75 Å². The molecule has 0 aliphatic rings. The summed E-state index contributed by atoms with van der Waals surface area (Å²) in [7, 11) is 0. The van der Waals surface area contributed by atoms with Crippen molar-refractivity contribution in [3.8, 4) is 0 Å². The number of rotatable bonds is 9. The van der Waals surface area contributed by atoms with Gasteiger partial charge in [0.25, 0.3) is 0 Å². The molecule has 5 heteroatoms. The van der Waals surface area contributed by atoms with Crippen LogP contribution >= 0.6 is 11.8 Å². The number of benzene rings is 1. The molecule has 0 spiro atoms. The molecule has 116 valence electrons. The number of carboxylic acids is 1. The molecule has 2 unspecified atom stereocenters. The van der Waals surface area contributed by atoms with Gasteiger partial charge in [-0.2, -0.15) is 0 Å². The third-order valence-electron chi connectivity index (χ3n) is 3.36. The molecule has 2 N–H and O–H groups in total. The van der Waals surface area contributed by atoms with Crippen molar-refractivity contribution in [2.24, 2.45) is 5.92 Å². The molecule has 0 bridgehead atoms. The van der Waals surface area contributed by atoms with Crippen LogP contribution in [0.15, 0.2) is 35.2 Å². The number of hydrogen-bond acceptors (Lipinski definition) is 3. The van der Waals surface area contributed by atoms with Crippen molar-refractivity contribution in [3.63, 3.8) is 0 Å². The molecule has 0 fully saturated rings. The van der Waals surface area contributed by atoms with Crippen LogP contribution < -0.4 is 5.32 Å². The predicted molar refractivity (Wildman–Crippen MR) is 85.4 cm³/mol. The number of carbonyl (C=O) groups excluding carboxylic acids is 1. The van der Waals surface area contributed by atoms with Crippen LogP contribution in [0, 0.1) is 5.92 Å². The fourth-order valence-corrected chi connectivity index (χ4v) is 2.74. The van der Waals surface area contributed by atoms with Crippen molar-refractivity contribution in [1.82, 2.24) is 5.32 Å². The lowest BCUT2D eigenvalue weighted by Crippen LogP contribution is -2.44. The molecule has 0 saturated carbocycles. The summed E-state index contributed by atoms with van der Waals surface area (Å²) < 4.78 is 0. The maximum Gasteiger partial charge on any atom is 0.326 e. The summed E-state index contributed by atoms with van der Waals surface area (Å²) in [6.45, 7) is 3.76. The van der Waals surface area contributed by atoms with Crippen LogP contribution in [0.5, 0.6) is 0 Å². The molecule has 4 nitrogen and oxygen atoms in total. The normalized spacial score (nSPS) is 13.4. The molecule has 0 aromatic heterocycles. The van der Waals surface area contributed by atoms with E-state index in [0.717, 1.165) is 18.6 Å². The molecule has 21 heavy (non-hydrogen) atoms. The average Bonchev–Trinajstić information content (AvgIpc) is 2.49. The molecule has 0 aliphatic heterocycles. The topological polar surface area (TPSA) is 66.4 Å². The Balaban J connectivity index is 2.28. The molecular formula is C16H23NO3S. The number of aliphatic carboxylic acids is 1. The van der Waals surface area contributed by atoms with E-state index in [1.807, 2.05) is 44.2 Å². The minimum absolute atomic E-state index is 0.0647. The smallest absolute Gasteiger partial charge is 0.326 e. The van der Waals surface area contributed by atoms with Crippen LogP contribution in [0.4, 0.5) is 0 Å². The number of carboxylic acid groups (broad SMARTS) is 1. The number of nitrogens with one attached hydrogen (secondary N) is 1. The van der Waals surface area contributed by atoms with E-state index in [9.17, 15) is 9.59 Å². The minimum atomic E-state index is -0.962. The lowest BCUT2D eigenvalue weighted by Gasteiger charge is -2.20. The van der Waals surface area contributed by atoms with Gasteiger partial charge in [-0.1, -0.05) is 38.5 Å². The second kappa shape index (κ2) is 9.45. The van der Waals surface area contributed by atoms with E-state index in [2.05, 4.69) is 5.32 Å². The zero-order valence-electron chi connectivity index (χ0n) is 12.5. The quantitative estimate of drug-likeness (QED) is 0.543. The monoisotopic (exact) mass is 309 g/mol. The van der Waals surface area contributed by atoms with Crippen molar-refractivity contribution in [2.45, 2.75) is 44.0 Å². The van der Waals surface area contributed by atoms with Gasteiger partial charge >= 0.3 is 5.97 Å². The molecular weight excluding hydrogens is 286 g/mol. The largest absolute Gasteiger partial charge is 0.480 e. The molecule has 1 rings (SSSR count). The Labute approximate surface area is 130 Å². The number of carbonyl (C=O) groups is 2. The summed E-state index contributed by atoms with van der Waals surface area (Å²) in [5.74, 6) is -0.365. The zero-order chi connectivity index (χ0) is 15.7. The van der Waals surface area contributed by atoms with E-state index < -0.39 is 12.0 Å². The lowest BCUT2D eigenvalue weighted by molar-refractivity contribution is -0.143.